The summed E-state index contributed by atoms with van der Waals surface area (Å²) < 4.78 is 27.5. The molecule has 1 aliphatic rings. The number of rotatable bonds is 7. The van der Waals surface area contributed by atoms with Gasteiger partial charge in [-0.05, 0) is 25.8 Å². The number of hydrogen-bond donors (Lipinski definition) is 1. The van der Waals surface area contributed by atoms with Gasteiger partial charge in [0.25, 0.3) is 0 Å². The normalized spacial score (nSPS) is 26.3. The van der Waals surface area contributed by atoms with E-state index in [0.717, 1.165) is 19.4 Å². The van der Waals surface area contributed by atoms with Gasteiger partial charge in [0, 0.05) is 18.9 Å². The van der Waals surface area contributed by atoms with E-state index in [1.807, 2.05) is 0 Å². The van der Waals surface area contributed by atoms with Gasteiger partial charge in [-0.25, -0.2) is 8.42 Å². The van der Waals surface area contributed by atoms with Gasteiger partial charge in [0.15, 0.2) is 0 Å². The third-order valence-corrected chi connectivity index (χ3v) is 4.72. The lowest BCUT2D eigenvalue weighted by atomic mass is 9.89. The van der Waals surface area contributed by atoms with Crippen LogP contribution in [0.25, 0.3) is 0 Å². The van der Waals surface area contributed by atoms with Crippen LogP contribution in [-0.4, -0.2) is 45.7 Å². The molecule has 90 valence electrons. The van der Waals surface area contributed by atoms with Crippen LogP contribution in [0, 0.1) is 0 Å². The standard InChI is InChI=1S/C10H21NO3S/c1-3-15(12,13)6-4-5-11-9-7-10(8-9)14-2/h9-11H,3-8H2,1-2H3. The van der Waals surface area contributed by atoms with Crippen LogP contribution in [0.5, 0.6) is 0 Å². The molecule has 1 N–H and O–H groups in total. The van der Waals surface area contributed by atoms with E-state index in [1.165, 1.54) is 0 Å². The average Bonchev–Trinajstić information content (AvgIpc) is 2.15. The molecule has 1 saturated carbocycles. The lowest BCUT2D eigenvalue weighted by Gasteiger charge is -2.34. The monoisotopic (exact) mass is 235 g/mol. The molecule has 15 heavy (non-hydrogen) atoms. The molecule has 0 bridgehead atoms. The Kier molecular flexibility index (Phi) is 5.02. The first-order valence-corrected chi connectivity index (χ1v) is 7.36. The fourth-order valence-corrected chi connectivity index (χ4v) is 2.54. The summed E-state index contributed by atoms with van der Waals surface area (Å²) in [5.41, 5.74) is 0. The highest BCUT2D eigenvalue weighted by molar-refractivity contribution is 7.91. The van der Waals surface area contributed by atoms with E-state index in [2.05, 4.69) is 5.32 Å². The van der Waals surface area contributed by atoms with E-state index < -0.39 is 9.84 Å². The van der Waals surface area contributed by atoms with E-state index in [9.17, 15) is 8.42 Å². The first kappa shape index (κ1) is 12.9. The maximum atomic E-state index is 11.2. The van der Waals surface area contributed by atoms with Gasteiger partial charge in [-0.2, -0.15) is 0 Å². The molecule has 0 aromatic heterocycles. The van der Waals surface area contributed by atoms with Crippen molar-refractivity contribution in [2.45, 2.75) is 38.3 Å². The van der Waals surface area contributed by atoms with Crippen LogP contribution in [0.2, 0.25) is 0 Å². The highest BCUT2D eigenvalue weighted by atomic mass is 32.2. The number of methoxy groups -OCH3 is 1. The van der Waals surface area contributed by atoms with Crippen LogP contribution in [0.15, 0.2) is 0 Å². The number of hydrogen-bond acceptors (Lipinski definition) is 4. The van der Waals surface area contributed by atoms with Gasteiger partial charge in [0.2, 0.25) is 0 Å². The Morgan fingerprint density at radius 2 is 2.07 bits per heavy atom. The summed E-state index contributed by atoms with van der Waals surface area (Å²) in [6, 6.07) is 0.527. The minimum atomic E-state index is -2.79. The van der Waals surface area contributed by atoms with Crippen molar-refractivity contribution in [2.24, 2.45) is 0 Å². The molecule has 0 radical (unpaired) electrons. The molecule has 0 aromatic carbocycles. The van der Waals surface area contributed by atoms with E-state index in [1.54, 1.807) is 14.0 Å². The summed E-state index contributed by atoms with van der Waals surface area (Å²) >= 11 is 0. The van der Waals surface area contributed by atoms with Crippen molar-refractivity contribution in [1.29, 1.82) is 0 Å². The second-order valence-electron chi connectivity index (χ2n) is 4.07. The molecule has 0 spiro atoms. The van der Waals surface area contributed by atoms with Crippen LogP contribution in [-0.2, 0) is 14.6 Å². The highest BCUT2D eigenvalue weighted by Crippen LogP contribution is 2.22. The topological polar surface area (TPSA) is 55.4 Å². The van der Waals surface area contributed by atoms with E-state index in [4.69, 9.17) is 4.74 Å². The van der Waals surface area contributed by atoms with Gasteiger partial charge in [-0.15, -0.1) is 0 Å². The molecule has 0 unspecified atom stereocenters. The summed E-state index contributed by atoms with van der Waals surface area (Å²) in [6.45, 7) is 2.48. The molecule has 5 heteroatoms. The largest absolute Gasteiger partial charge is 0.381 e. The third kappa shape index (κ3) is 4.49. The molecule has 0 saturated heterocycles. The number of nitrogens with one attached hydrogen (secondary N) is 1. The van der Waals surface area contributed by atoms with Crippen molar-refractivity contribution >= 4 is 9.84 Å². The summed E-state index contributed by atoms with van der Waals surface area (Å²) in [5, 5.41) is 3.34. The van der Waals surface area contributed by atoms with E-state index in [0.29, 0.717) is 24.3 Å². The summed E-state index contributed by atoms with van der Waals surface area (Å²) in [4.78, 5) is 0. The molecule has 0 heterocycles. The zero-order chi connectivity index (χ0) is 11.3. The molecule has 4 nitrogen and oxygen atoms in total. The fourth-order valence-electron chi connectivity index (χ4n) is 1.67. The van der Waals surface area contributed by atoms with Gasteiger partial charge in [-0.1, -0.05) is 6.92 Å². The Morgan fingerprint density at radius 3 is 2.60 bits per heavy atom. The highest BCUT2D eigenvalue weighted by Gasteiger charge is 2.27. The minimum Gasteiger partial charge on any atom is -0.381 e. The van der Waals surface area contributed by atoms with Crippen molar-refractivity contribution < 1.29 is 13.2 Å². The molecule has 1 rings (SSSR count). The van der Waals surface area contributed by atoms with Gasteiger partial charge >= 0.3 is 0 Å². The van der Waals surface area contributed by atoms with Crippen molar-refractivity contribution in [1.82, 2.24) is 5.32 Å². The molecule has 1 aliphatic carbocycles. The first-order chi connectivity index (χ1) is 7.07. The van der Waals surface area contributed by atoms with Crippen LogP contribution >= 0.6 is 0 Å². The fraction of sp³-hybridized carbons (Fsp3) is 1.00. The number of ether oxygens (including phenoxy) is 1. The van der Waals surface area contributed by atoms with Gasteiger partial charge < -0.3 is 10.1 Å². The van der Waals surface area contributed by atoms with Crippen molar-refractivity contribution in [2.75, 3.05) is 25.2 Å². The van der Waals surface area contributed by atoms with Crippen LogP contribution in [0.1, 0.15) is 26.2 Å². The zero-order valence-electron chi connectivity index (χ0n) is 9.53. The summed E-state index contributed by atoms with van der Waals surface area (Å²) in [7, 11) is -1.06. The van der Waals surface area contributed by atoms with Crippen molar-refractivity contribution in [3.05, 3.63) is 0 Å². The van der Waals surface area contributed by atoms with E-state index in [-0.39, 0.29) is 5.75 Å². The van der Waals surface area contributed by atoms with Crippen molar-refractivity contribution in [3.8, 4) is 0 Å². The molecule has 0 aliphatic heterocycles. The maximum Gasteiger partial charge on any atom is 0.150 e. The van der Waals surface area contributed by atoms with Crippen LogP contribution in [0.3, 0.4) is 0 Å². The molecule has 1 fully saturated rings. The SMILES string of the molecule is CCS(=O)(=O)CCCNC1CC(OC)C1. The predicted octanol–water partition coefficient (Wildman–Crippen LogP) is 0.578. The lowest BCUT2D eigenvalue weighted by molar-refractivity contribution is 0.0176. The molecular formula is C10H21NO3S. The van der Waals surface area contributed by atoms with Gasteiger partial charge in [0.1, 0.15) is 9.84 Å². The molecular weight excluding hydrogens is 214 g/mol. The number of sulfone groups is 1. The minimum absolute atomic E-state index is 0.252. The second-order valence-corrected chi connectivity index (χ2v) is 6.54. The van der Waals surface area contributed by atoms with Gasteiger partial charge in [0.05, 0.1) is 11.9 Å². The molecule has 0 atom stereocenters. The summed E-state index contributed by atoms with van der Waals surface area (Å²) in [5.74, 6) is 0.555. The van der Waals surface area contributed by atoms with Crippen molar-refractivity contribution in [3.63, 3.8) is 0 Å². The Bertz CT molecular complexity index is 270. The van der Waals surface area contributed by atoms with Gasteiger partial charge in [-0.3, -0.25) is 0 Å². The molecule has 0 aromatic rings. The molecule has 0 amide bonds. The Labute approximate surface area is 92.3 Å². The van der Waals surface area contributed by atoms with Crippen LogP contribution in [0.4, 0.5) is 0 Å². The maximum absolute atomic E-state index is 11.2. The Hall–Kier alpha value is -0.130. The Balaban J connectivity index is 1.99. The first-order valence-electron chi connectivity index (χ1n) is 5.54. The lowest BCUT2D eigenvalue weighted by Crippen LogP contribution is -2.45. The zero-order valence-corrected chi connectivity index (χ0v) is 10.3. The van der Waals surface area contributed by atoms with E-state index >= 15 is 0 Å². The smallest absolute Gasteiger partial charge is 0.150 e. The second kappa shape index (κ2) is 5.82. The quantitative estimate of drug-likeness (QED) is 0.656. The predicted molar refractivity (Wildman–Crippen MR) is 60.8 cm³/mol. The Morgan fingerprint density at radius 1 is 1.40 bits per heavy atom. The third-order valence-electron chi connectivity index (χ3n) is 2.93. The summed E-state index contributed by atoms with van der Waals surface area (Å²) in [6.07, 6.45) is 3.22. The van der Waals surface area contributed by atoms with Crippen LogP contribution < -0.4 is 5.32 Å². The average molecular weight is 235 g/mol.